The second-order valence-electron chi connectivity index (χ2n) is 6.40. The highest BCUT2D eigenvalue weighted by atomic mass is 16.4. The molecule has 0 aliphatic heterocycles. The van der Waals surface area contributed by atoms with Crippen LogP contribution in [0.25, 0.3) is 0 Å². The van der Waals surface area contributed by atoms with Crippen LogP contribution < -0.4 is 11.1 Å². The van der Waals surface area contributed by atoms with Gasteiger partial charge < -0.3 is 16.2 Å². The Bertz CT molecular complexity index is 448. The second-order valence-corrected chi connectivity index (χ2v) is 6.40. The molecule has 5 nitrogen and oxygen atoms in total. The molecule has 0 aromatic heterocycles. The summed E-state index contributed by atoms with van der Waals surface area (Å²) in [5.74, 6) is -1.85. The van der Waals surface area contributed by atoms with Gasteiger partial charge in [0.05, 0.1) is 11.8 Å². The third-order valence-electron chi connectivity index (χ3n) is 5.19. The molecule has 1 amide bonds. The topological polar surface area (TPSA) is 92.4 Å². The minimum Gasteiger partial charge on any atom is -0.481 e. The number of carbonyl (C=O) groups excluding carboxylic acids is 1. The lowest BCUT2D eigenvalue weighted by atomic mass is 9.81. The van der Waals surface area contributed by atoms with Gasteiger partial charge in [-0.2, -0.15) is 0 Å². The van der Waals surface area contributed by atoms with E-state index in [1.54, 1.807) is 0 Å². The molecule has 0 heterocycles. The molecule has 0 aromatic carbocycles. The van der Waals surface area contributed by atoms with E-state index in [-0.39, 0.29) is 29.8 Å². The number of rotatable bonds is 3. The van der Waals surface area contributed by atoms with Crippen molar-refractivity contribution in [3.63, 3.8) is 0 Å². The van der Waals surface area contributed by atoms with Gasteiger partial charge in [0.25, 0.3) is 0 Å². The molecule has 0 radical (unpaired) electrons. The van der Waals surface area contributed by atoms with Crippen LogP contribution in [0.4, 0.5) is 0 Å². The van der Waals surface area contributed by atoms with Crippen molar-refractivity contribution in [1.82, 2.24) is 5.32 Å². The molecule has 110 valence electrons. The van der Waals surface area contributed by atoms with Gasteiger partial charge in [-0.05, 0) is 31.1 Å². The smallest absolute Gasteiger partial charge is 0.307 e. The summed E-state index contributed by atoms with van der Waals surface area (Å²) in [7, 11) is 0. The van der Waals surface area contributed by atoms with Crippen molar-refractivity contribution in [2.75, 3.05) is 0 Å². The monoisotopic (exact) mass is 278 g/mol. The maximum Gasteiger partial charge on any atom is 0.307 e. The summed E-state index contributed by atoms with van der Waals surface area (Å²) in [6, 6.07) is 0.0129. The zero-order chi connectivity index (χ0) is 14.3. The van der Waals surface area contributed by atoms with Crippen LogP contribution in [0, 0.1) is 23.7 Å². The Balaban J connectivity index is 1.70. The Kier molecular flexibility index (Phi) is 3.54. The van der Waals surface area contributed by atoms with Crippen LogP contribution in [0.15, 0.2) is 12.2 Å². The van der Waals surface area contributed by atoms with E-state index in [0.29, 0.717) is 0 Å². The molecule has 3 aliphatic rings. The Morgan fingerprint density at radius 1 is 1.10 bits per heavy atom. The highest BCUT2D eigenvalue weighted by molar-refractivity contribution is 5.87. The SMILES string of the molecule is NC1CCCCC1NC(=O)C1C2C=CC(C2)C1C(=O)O. The fraction of sp³-hybridized carbons (Fsp3) is 0.733. The van der Waals surface area contributed by atoms with Gasteiger partial charge in [-0.15, -0.1) is 0 Å². The van der Waals surface area contributed by atoms with Gasteiger partial charge in [0.2, 0.25) is 5.91 Å². The highest BCUT2D eigenvalue weighted by Crippen LogP contribution is 2.48. The van der Waals surface area contributed by atoms with Crippen LogP contribution in [0.1, 0.15) is 32.1 Å². The first-order valence-electron chi connectivity index (χ1n) is 7.55. The zero-order valence-corrected chi connectivity index (χ0v) is 11.5. The van der Waals surface area contributed by atoms with Gasteiger partial charge >= 0.3 is 5.97 Å². The van der Waals surface area contributed by atoms with Crippen LogP contribution in [-0.2, 0) is 9.59 Å². The average molecular weight is 278 g/mol. The van der Waals surface area contributed by atoms with E-state index < -0.39 is 17.8 Å². The third kappa shape index (κ3) is 2.24. The number of carboxylic acids is 1. The summed E-state index contributed by atoms with van der Waals surface area (Å²) in [4.78, 5) is 23.9. The quantitative estimate of drug-likeness (QED) is 0.669. The average Bonchev–Trinajstić information content (AvgIpc) is 3.01. The van der Waals surface area contributed by atoms with Gasteiger partial charge in [-0.1, -0.05) is 25.0 Å². The summed E-state index contributed by atoms with van der Waals surface area (Å²) in [5, 5.41) is 12.4. The van der Waals surface area contributed by atoms with E-state index in [0.717, 1.165) is 32.1 Å². The van der Waals surface area contributed by atoms with Crippen LogP contribution in [-0.4, -0.2) is 29.1 Å². The Labute approximate surface area is 118 Å². The van der Waals surface area contributed by atoms with Crippen molar-refractivity contribution < 1.29 is 14.7 Å². The molecule has 5 heteroatoms. The summed E-state index contributed by atoms with van der Waals surface area (Å²) in [6.45, 7) is 0. The highest BCUT2D eigenvalue weighted by Gasteiger charge is 2.51. The van der Waals surface area contributed by atoms with E-state index in [4.69, 9.17) is 5.73 Å². The molecule has 0 spiro atoms. The molecule has 2 bridgehead atoms. The van der Waals surface area contributed by atoms with Gasteiger partial charge in [0, 0.05) is 12.1 Å². The van der Waals surface area contributed by atoms with Gasteiger partial charge in [0.15, 0.2) is 0 Å². The molecule has 3 aliphatic carbocycles. The molecular weight excluding hydrogens is 256 g/mol. The first-order valence-corrected chi connectivity index (χ1v) is 7.55. The lowest BCUT2D eigenvalue weighted by molar-refractivity contribution is -0.148. The Morgan fingerprint density at radius 3 is 2.40 bits per heavy atom. The van der Waals surface area contributed by atoms with E-state index in [1.165, 1.54) is 0 Å². The van der Waals surface area contributed by atoms with Gasteiger partial charge in [0.1, 0.15) is 0 Å². The van der Waals surface area contributed by atoms with Crippen molar-refractivity contribution in [3.8, 4) is 0 Å². The number of allylic oxidation sites excluding steroid dienone is 2. The fourth-order valence-electron chi connectivity index (χ4n) is 4.13. The summed E-state index contributed by atoms with van der Waals surface area (Å²) < 4.78 is 0. The Hall–Kier alpha value is -1.36. The first-order chi connectivity index (χ1) is 9.58. The van der Waals surface area contributed by atoms with E-state index in [1.807, 2.05) is 12.2 Å². The van der Waals surface area contributed by atoms with E-state index in [9.17, 15) is 14.7 Å². The summed E-state index contributed by atoms with van der Waals surface area (Å²) >= 11 is 0. The lowest BCUT2D eigenvalue weighted by Gasteiger charge is -2.32. The minimum atomic E-state index is -0.852. The van der Waals surface area contributed by atoms with Crippen molar-refractivity contribution >= 4 is 11.9 Å². The van der Waals surface area contributed by atoms with Crippen LogP contribution >= 0.6 is 0 Å². The molecule has 4 N–H and O–H groups in total. The molecule has 2 saturated carbocycles. The molecular formula is C15H22N2O3. The predicted octanol–water partition coefficient (Wildman–Crippen LogP) is 0.895. The number of carbonyl (C=O) groups is 2. The molecule has 0 saturated heterocycles. The number of fused-ring (bicyclic) bond motifs is 2. The van der Waals surface area contributed by atoms with Gasteiger partial charge in [-0.25, -0.2) is 0 Å². The van der Waals surface area contributed by atoms with Gasteiger partial charge in [-0.3, -0.25) is 9.59 Å². The minimum absolute atomic E-state index is 0.00473. The molecule has 3 rings (SSSR count). The third-order valence-corrected chi connectivity index (χ3v) is 5.19. The maximum absolute atomic E-state index is 12.5. The van der Waals surface area contributed by atoms with Crippen molar-refractivity contribution in [3.05, 3.63) is 12.2 Å². The van der Waals surface area contributed by atoms with E-state index in [2.05, 4.69) is 5.32 Å². The number of carboxylic acid groups (broad SMARTS) is 1. The lowest BCUT2D eigenvalue weighted by Crippen LogP contribution is -2.52. The standard InChI is InChI=1S/C15H22N2O3/c16-10-3-1-2-4-11(10)17-14(18)12-8-5-6-9(7-8)13(12)15(19)20/h5-6,8-13H,1-4,7,16H2,(H,17,18)(H,19,20). The Morgan fingerprint density at radius 2 is 1.75 bits per heavy atom. The van der Waals surface area contributed by atoms with Crippen LogP contribution in [0.2, 0.25) is 0 Å². The number of nitrogens with two attached hydrogens (primary N) is 1. The zero-order valence-electron chi connectivity index (χ0n) is 11.5. The summed E-state index contributed by atoms with van der Waals surface area (Å²) in [5.41, 5.74) is 6.05. The molecule has 6 atom stereocenters. The summed E-state index contributed by atoms with van der Waals surface area (Å²) in [6.07, 6.45) is 8.80. The number of nitrogens with one attached hydrogen (secondary N) is 1. The number of aliphatic carboxylic acids is 1. The largest absolute Gasteiger partial charge is 0.481 e. The van der Waals surface area contributed by atoms with Crippen LogP contribution in [0.5, 0.6) is 0 Å². The molecule has 2 fully saturated rings. The molecule has 6 unspecified atom stereocenters. The normalized spacial score (nSPS) is 42.6. The number of hydrogen-bond donors (Lipinski definition) is 3. The van der Waals surface area contributed by atoms with E-state index >= 15 is 0 Å². The van der Waals surface area contributed by atoms with Crippen molar-refractivity contribution in [2.45, 2.75) is 44.2 Å². The predicted molar refractivity (Wildman–Crippen MR) is 73.7 cm³/mol. The second kappa shape index (κ2) is 5.20. The molecule has 0 aromatic rings. The van der Waals surface area contributed by atoms with Crippen molar-refractivity contribution in [2.24, 2.45) is 29.4 Å². The maximum atomic E-state index is 12.5. The molecule has 20 heavy (non-hydrogen) atoms. The number of amides is 1. The number of hydrogen-bond acceptors (Lipinski definition) is 3. The van der Waals surface area contributed by atoms with Crippen molar-refractivity contribution in [1.29, 1.82) is 0 Å². The first kappa shape index (κ1) is 13.6. The van der Waals surface area contributed by atoms with Crippen LogP contribution in [0.3, 0.4) is 0 Å². The fourth-order valence-corrected chi connectivity index (χ4v) is 4.13.